The number of amides is 2. The van der Waals surface area contributed by atoms with E-state index in [4.69, 9.17) is 22.1 Å². The summed E-state index contributed by atoms with van der Waals surface area (Å²) >= 11 is 6.13. The van der Waals surface area contributed by atoms with Crippen molar-refractivity contribution in [3.8, 4) is 16.9 Å². The van der Waals surface area contributed by atoms with Gasteiger partial charge < -0.3 is 20.5 Å². The van der Waals surface area contributed by atoms with Gasteiger partial charge in [0.2, 0.25) is 11.8 Å². The van der Waals surface area contributed by atoms with Crippen molar-refractivity contribution in [1.82, 2.24) is 4.57 Å². The molecule has 2 heterocycles. The topological polar surface area (TPSA) is 113 Å². The molecular formula is C28H25ClF5N3O5. The number of aromatic nitrogens is 1. The van der Waals surface area contributed by atoms with E-state index in [9.17, 15) is 36.3 Å². The molecule has 14 heteroatoms. The van der Waals surface area contributed by atoms with Crippen LogP contribution in [0, 0.1) is 5.92 Å². The third kappa shape index (κ3) is 7.26. The van der Waals surface area contributed by atoms with Crippen molar-refractivity contribution < 1.29 is 41.0 Å². The summed E-state index contributed by atoms with van der Waals surface area (Å²) < 4.78 is 78.2. The maximum atomic E-state index is 13.8. The van der Waals surface area contributed by atoms with Gasteiger partial charge in [0.15, 0.2) is 0 Å². The van der Waals surface area contributed by atoms with E-state index in [-0.39, 0.29) is 38.7 Å². The van der Waals surface area contributed by atoms with Crippen LogP contribution in [0.2, 0.25) is 5.02 Å². The van der Waals surface area contributed by atoms with Crippen molar-refractivity contribution in [2.45, 2.75) is 44.7 Å². The van der Waals surface area contributed by atoms with Gasteiger partial charge >= 0.3 is 12.8 Å². The van der Waals surface area contributed by atoms with Crippen LogP contribution < -0.4 is 21.3 Å². The standard InChI is InChI=1S/C28H25ClF5N3O5/c1-14(42-27(30)31)8-22(26(40)36-19-6-3-15(4-7-19)25(35)39)37-12-23-21(11-24(37)38)20-10-18(29)5-2-16(20)9-17(13-41-23)28(32,33)34/h2-7,10-12,14,17,22,27H,8-9,13H2,1H3,(H2,35,39)(H,36,40)/t14-,17-,22?/m1/s1. The highest BCUT2D eigenvalue weighted by atomic mass is 35.5. The Balaban J connectivity index is 1.78. The molecule has 2 amide bonds. The molecule has 0 saturated heterocycles. The third-order valence-electron chi connectivity index (χ3n) is 6.74. The quantitative estimate of drug-likeness (QED) is 0.322. The van der Waals surface area contributed by atoms with Gasteiger partial charge in [0.25, 0.3) is 5.56 Å². The van der Waals surface area contributed by atoms with E-state index in [2.05, 4.69) is 10.1 Å². The molecule has 224 valence electrons. The molecule has 1 aliphatic heterocycles. The molecule has 1 unspecified atom stereocenters. The monoisotopic (exact) mass is 613 g/mol. The van der Waals surface area contributed by atoms with Crippen LogP contribution in [0.4, 0.5) is 27.6 Å². The Morgan fingerprint density at radius 2 is 1.83 bits per heavy atom. The van der Waals surface area contributed by atoms with Gasteiger partial charge in [0.1, 0.15) is 18.4 Å². The average molecular weight is 614 g/mol. The van der Waals surface area contributed by atoms with Gasteiger partial charge in [-0.15, -0.1) is 0 Å². The number of hydrogen-bond donors (Lipinski definition) is 2. The Morgan fingerprint density at radius 3 is 2.45 bits per heavy atom. The second kappa shape index (κ2) is 12.5. The molecule has 8 nitrogen and oxygen atoms in total. The zero-order valence-corrected chi connectivity index (χ0v) is 22.7. The molecule has 3 aromatic rings. The molecule has 3 atom stereocenters. The average Bonchev–Trinajstić information content (AvgIpc) is 2.89. The molecule has 0 radical (unpaired) electrons. The summed E-state index contributed by atoms with van der Waals surface area (Å²) in [5, 5.41) is 2.76. The summed E-state index contributed by atoms with van der Waals surface area (Å²) in [5.74, 6) is -3.55. The van der Waals surface area contributed by atoms with Gasteiger partial charge in [0, 0.05) is 34.3 Å². The van der Waals surface area contributed by atoms with Crippen LogP contribution in [0.1, 0.15) is 35.3 Å². The Hall–Kier alpha value is -3.97. The number of carbonyl (C=O) groups excluding carboxylic acids is 2. The maximum absolute atomic E-state index is 13.8. The predicted molar refractivity (Wildman–Crippen MR) is 144 cm³/mol. The van der Waals surface area contributed by atoms with Gasteiger partial charge in [-0.05, 0) is 60.9 Å². The highest BCUT2D eigenvalue weighted by Gasteiger charge is 2.41. The Labute approximate surface area is 241 Å². The molecule has 0 fully saturated rings. The van der Waals surface area contributed by atoms with Crippen molar-refractivity contribution >= 4 is 29.1 Å². The Kier molecular flexibility index (Phi) is 9.21. The van der Waals surface area contributed by atoms with Gasteiger partial charge in [0.05, 0.1) is 18.2 Å². The summed E-state index contributed by atoms with van der Waals surface area (Å²) in [4.78, 5) is 38.2. The van der Waals surface area contributed by atoms with Crippen molar-refractivity contribution in [3.63, 3.8) is 0 Å². The minimum Gasteiger partial charge on any atom is -0.491 e. The lowest BCUT2D eigenvalue weighted by Crippen LogP contribution is -2.36. The number of fused-ring (bicyclic) bond motifs is 3. The smallest absolute Gasteiger partial charge is 0.395 e. The third-order valence-corrected chi connectivity index (χ3v) is 6.98. The van der Waals surface area contributed by atoms with Crippen molar-refractivity contribution in [1.29, 1.82) is 0 Å². The summed E-state index contributed by atoms with van der Waals surface area (Å²) in [7, 11) is 0. The molecule has 0 saturated carbocycles. The molecule has 1 aromatic heterocycles. The first kappa shape index (κ1) is 31.0. The van der Waals surface area contributed by atoms with Crippen LogP contribution in [0.15, 0.2) is 59.5 Å². The fourth-order valence-electron chi connectivity index (χ4n) is 4.64. The fraction of sp³-hybridized carbons (Fsp3) is 0.321. The van der Waals surface area contributed by atoms with Crippen LogP contribution in [0.25, 0.3) is 11.1 Å². The van der Waals surface area contributed by atoms with Crippen LogP contribution in [-0.4, -0.2) is 41.9 Å². The van der Waals surface area contributed by atoms with E-state index < -0.39 is 67.7 Å². The van der Waals surface area contributed by atoms with Crippen LogP contribution in [0.5, 0.6) is 5.75 Å². The first-order chi connectivity index (χ1) is 19.7. The number of alkyl halides is 5. The van der Waals surface area contributed by atoms with Gasteiger partial charge in [-0.2, -0.15) is 22.0 Å². The summed E-state index contributed by atoms with van der Waals surface area (Å²) in [6.07, 6.45) is -5.57. The highest BCUT2D eigenvalue weighted by Crippen LogP contribution is 2.40. The lowest BCUT2D eigenvalue weighted by molar-refractivity contribution is -0.181. The zero-order chi connectivity index (χ0) is 30.8. The molecule has 1 aliphatic rings. The maximum Gasteiger partial charge on any atom is 0.395 e. The molecule has 42 heavy (non-hydrogen) atoms. The number of primary amides is 1. The highest BCUT2D eigenvalue weighted by molar-refractivity contribution is 6.30. The molecule has 0 bridgehead atoms. The summed E-state index contributed by atoms with van der Waals surface area (Å²) in [6.45, 7) is -2.67. The lowest BCUT2D eigenvalue weighted by Gasteiger charge is -2.28. The van der Waals surface area contributed by atoms with Crippen molar-refractivity contribution in [3.05, 3.63) is 81.2 Å². The Bertz CT molecular complexity index is 1530. The molecule has 2 aromatic carbocycles. The first-order valence-corrected chi connectivity index (χ1v) is 13.0. The molecule has 3 N–H and O–H groups in total. The largest absolute Gasteiger partial charge is 0.491 e. The van der Waals surface area contributed by atoms with E-state index in [1.54, 1.807) is 0 Å². The number of anilines is 1. The van der Waals surface area contributed by atoms with Gasteiger partial charge in [-0.3, -0.25) is 19.0 Å². The van der Waals surface area contributed by atoms with E-state index in [1.807, 2.05) is 0 Å². The number of carbonyl (C=O) groups is 2. The second-order valence-corrected chi connectivity index (χ2v) is 10.2. The molecule has 4 rings (SSSR count). The number of ether oxygens (including phenoxy) is 2. The number of benzene rings is 2. The fourth-order valence-corrected chi connectivity index (χ4v) is 4.81. The number of halogens is 6. The number of nitrogens with zero attached hydrogens (tertiary/aromatic N) is 1. The molecule has 0 aliphatic carbocycles. The minimum absolute atomic E-state index is 0.141. The van der Waals surface area contributed by atoms with Gasteiger partial charge in [-0.25, -0.2) is 0 Å². The predicted octanol–water partition coefficient (Wildman–Crippen LogP) is 5.58. The van der Waals surface area contributed by atoms with Crippen LogP contribution in [0.3, 0.4) is 0 Å². The second-order valence-electron chi connectivity index (χ2n) is 9.74. The summed E-state index contributed by atoms with van der Waals surface area (Å²) in [6, 6.07) is 9.38. The van der Waals surface area contributed by atoms with Crippen molar-refractivity contribution in [2.75, 3.05) is 11.9 Å². The SMILES string of the molecule is C[C@H](CC(C(=O)Nc1ccc(C(N)=O)cc1)n1cc2c(cc1=O)-c1cc(Cl)ccc1C[C@@H](C(F)(F)F)CO2)OC(F)F. The van der Waals surface area contributed by atoms with E-state index in [0.29, 0.717) is 0 Å². The number of rotatable bonds is 8. The van der Waals surface area contributed by atoms with E-state index in [0.717, 1.165) is 16.8 Å². The number of pyridine rings is 1. The van der Waals surface area contributed by atoms with Crippen LogP contribution in [-0.2, 0) is 16.0 Å². The molecule has 0 spiro atoms. The van der Waals surface area contributed by atoms with E-state index >= 15 is 0 Å². The van der Waals surface area contributed by atoms with Crippen LogP contribution >= 0.6 is 11.6 Å². The van der Waals surface area contributed by atoms with Crippen molar-refractivity contribution in [2.24, 2.45) is 11.7 Å². The number of nitrogens with one attached hydrogen (secondary N) is 1. The van der Waals surface area contributed by atoms with E-state index in [1.165, 1.54) is 49.4 Å². The van der Waals surface area contributed by atoms with Gasteiger partial charge in [-0.1, -0.05) is 17.7 Å². The Morgan fingerprint density at radius 1 is 1.14 bits per heavy atom. The summed E-state index contributed by atoms with van der Waals surface area (Å²) in [5.41, 5.74) is 5.53. The normalized spacial score (nSPS) is 16.3. The minimum atomic E-state index is -4.60. The number of nitrogens with two attached hydrogens (primary N) is 1. The zero-order valence-electron chi connectivity index (χ0n) is 22.0. The number of hydrogen-bond acceptors (Lipinski definition) is 5. The lowest BCUT2D eigenvalue weighted by atomic mass is 9.91. The molecular weight excluding hydrogens is 589 g/mol. The first-order valence-electron chi connectivity index (χ1n) is 12.6.